The average Bonchev–Trinajstić information content (AvgIpc) is 2.47. The second-order valence-electron chi connectivity index (χ2n) is 4.52. The van der Waals surface area contributed by atoms with E-state index in [4.69, 9.17) is 0 Å². The third-order valence-corrected chi connectivity index (χ3v) is 4.15. The summed E-state index contributed by atoms with van der Waals surface area (Å²) in [6, 6.07) is 10.0. The molecule has 2 aromatic rings. The monoisotopic (exact) mass is 303 g/mol. The molecular weight excluding hydrogens is 286 g/mol. The Morgan fingerprint density at radius 1 is 1.19 bits per heavy atom. The van der Waals surface area contributed by atoms with Crippen molar-refractivity contribution in [2.24, 2.45) is 0 Å². The number of sulfonamides is 1. The molecule has 0 amide bonds. The van der Waals surface area contributed by atoms with Gasteiger partial charge in [-0.1, -0.05) is 23.8 Å². The summed E-state index contributed by atoms with van der Waals surface area (Å²) < 4.78 is 26.8. The second kappa shape index (κ2) is 6.41. The zero-order chi connectivity index (χ0) is 15.3. The number of aryl methyl sites for hydroxylation is 1. The highest BCUT2D eigenvalue weighted by Gasteiger charge is 2.14. The summed E-state index contributed by atoms with van der Waals surface area (Å²) >= 11 is 0. The first kappa shape index (κ1) is 15.1. The van der Waals surface area contributed by atoms with Gasteiger partial charge in [-0.2, -0.15) is 0 Å². The van der Waals surface area contributed by atoms with Crippen LogP contribution in [-0.4, -0.2) is 19.9 Å². The Bertz CT molecular complexity index is 708. The van der Waals surface area contributed by atoms with Crippen LogP contribution in [0, 0.1) is 6.92 Å². The minimum absolute atomic E-state index is 0.212. The van der Waals surface area contributed by atoms with Gasteiger partial charge in [-0.05, 0) is 31.2 Å². The van der Waals surface area contributed by atoms with E-state index in [9.17, 15) is 8.42 Å². The number of aromatic nitrogens is 1. The summed E-state index contributed by atoms with van der Waals surface area (Å²) in [6.45, 7) is 6.13. The van der Waals surface area contributed by atoms with Crippen molar-refractivity contribution in [1.82, 2.24) is 4.98 Å². The predicted molar refractivity (Wildman–Crippen MR) is 84.9 cm³/mol. The molecule has 0 aliphatic carbocycles. The molecule has 21 heavy (non-hydrogen) atoms. The number of rotatable bonds is 6. The van der Waals surface area contributed by atoms with Crippen LogP contribution in [0.4, 0.5) is 11.5 Å². The van der Waals surface area contributed by atoms with E-state index in [-0.39, 0.29) is 10.7 Å². The van der Waals surface area contributed by atoms with Gasteiger partial charge in [-0.3, -0.25) is 4.72 Å². The molecule has 0 aliphatic rings. The largest absolute Gasteiger partial charge is 0.380 e. The summed E-state index contributed by atoms with van der Waals surface area (Å²) in [5, 5.41) is 3.06. The van der Waals surface area contributed by atoms with Gasteiger partial charge in [0.2, 0.25) is 0 Å². The number of nitrogens with zero attached hydrogens (tertiary/aromatic N) is 1. The molecule has 0 bridgehead atoms. The van der Waals surface area contributed by atoms with E-state index in [1.54, 1.807) is 48.7 Å². The lowest BCUT2D eigenvalue weighted by molar-refractivity contribution is 0.601. The quantitative estimate of drug-likeness (QED) is 0.805. The second-order valence-corrected chi connectivity index (χ2v) is 6.20. The van der Waals surface area contributed by atoms with Gasteiger partial charge in [0.25, 0.3) is 10.0 Å². The number of anilines is 2. The third kappa shape index (κ3) is 4.06. The number of hydrogen-bond donors (Lipinski definition) is 2. The first-order chi connectivity index (χ1) is 10.0. The lowest BCUT2D eigenvalue weighted by Gasteiger charge is -2.08. The van der Waals surface area contributed by atoms with Crippen LogP contribution >= 0.6 is 0 Å². The van der Waals surface area contributed by atoms with Crippen molar-refractivity contribution in [3.63, 3.8) is 0 Å². The molecule has 6 heteroatoms. The Hall–Kier alpha value is -2.34. The van der Waals surface area contributed by atoms with Crippen molar-refractivity contribution in [1.29, 1.82) is 0 Å². The fourth-order valence-electron chi connectivity index (χ4n) is 1.66. The molecule has 0 fully saturated rings. The number of pyridine rings is 1. The minimum atomic E-state index is -3.61. The van der Waals surface area contributed by atoms with Gasteiger partial charge in [0.1, 0.15) is 5.82 Å². The van der Waals surface area contributed by atoms with Gasteiger partial charge in [0, 0.05) is 6.54 Å². The predicted octanol–water partition coefficient (Wildman–Crippen LogP) is 2.79. The smallest absolute Gasteiger partial charge is 0.263 e. The molecule has 0 saturated heterocycles. The van der Waals surface area contributed by atoms with Crippen molar-refractivity contribution in [2.75, 3.05) is 16.6 Å². The van der Waals surface area contributed by atoms with Crippen molar-refractivity contribution >= 4 is 21.5 Å². The van der Waals surface area contributed by atoms with Crippen LogP contribution < -0.4 is 10.0 Å². The van der Waals surface area contributed by atoms with Crippen LogP contribution in [0.5, 0.6) is 0 Å². The zero-order valence-electron chi connectivity index (χ0n) is 11.7. The maximum Gasteiger partial charge on any atom is 0.263 e. The Morgan fingerprint density at radius 2 is 1.90 bits per heavy atom. The van der Waals surface area contributed by atoms with Crippen molar-refractivity contribution in [3.05, 3.63) is 60.8 Å². The molecular formula is C15H17N3O2S. The Balaban J connectivity index is 2.13. The van der Waals surface area contributed by atoms with E-state index >= 15 is 0 Å². The molecule has 0 radical (unpaired) electrons. The Morgan fingerprint density at radius 3 is 2.48 bits per heavy atom. The Kier molecular flexibility index (Phi) is 4.59. The van der Waals surface area contributed by atoms with Crippen LogP contribution in [0.2, 0.25) is 0 Å². The normalized spacial score (nSPS) is 10.9. The van der Waals surface area contributed by atoms with Crippen molar-refractivity contribution in [2.45, 2.75) is 11.8 Å². The summed E-state index contributed by atoms with van der Waals surface area (Å²) in [4.78, 5) is 4.28. The van der Waals surface area contributed by atoms with Gasteiger partial charge in [0.15, 0.2) is 0 Å². The molecule has 1 heterocycles. The third-order valence-electron chi connectivity index (χ3n) is 2.78. The summed E-state index contributed by atoms with van der Waals surface area (Å²) in [6.07, 6.45) is 3.30. The molecule has 1 aromatic heterocycles. The van der Waals surface area contributed by atoms with E-state index in [0.717, 1.165) is 11.3 Å². The molecule has 0 aliphatic heterocycles. The van der Waals surface area contributed by atoms with Gasteiger partial charge in [0.05, 0.1) is 16.8 Å². The van der Waals surface area contributed by atoms with E-state index < -0.39 is 10.0 Å². The minimum Gasteiger partial charge on any atom is -0.380 e. The highest BCUT2D eigenvalue weighted by molar-refractivity contribution is 7.92. The lowest BCUT2D eigenvalue weighted by atomic mass is 10.2. The zero-order valence-corrected chi connectivity index (χ0v) is 12.5. The maximum absolute atomic E-state index is 12.2. The number of nitrogens with one attached hydrogen (secondary N) is 2. The fraction of sp³-hybridized carbons (Fsp3) is 0.133. The van der Waals surface area contributed by atoms with E-state index in [1.807, 2.05) is 6.92 Å². The first-order valence-electron chi connectivity index (χ1n) is 6.41. The summed E-state index contributed by atoms with van der Waals surface area (Å²) in [5.41, 5.74) is 1.80. The highest BCUT2D eigenvalue weighted by Crippen LogP contribution is 2.16. The molecule has 2 rings (SSSR count). The average molecular weight is 303 g/mol. The lowest BCUT2D eigenvalue weighted by Crippen LogP contribution is -2.14. The highest BCUT2D eigenvalue weighted by atomic mass is 32.2. The van der Waals surface area contributed by atoms with Crippen LogP contribution in [0.15, 0.2) is 60.1 Å². The molecule has 110 valence electrons. The molecule has 0 atom stereocenters. The SMILES string of the molecule is C=CCNc1ccc(NS(=O)(=O)c2ccc(C)cc2)nc1. The van der Waals surface area contributed by atoms with Gasteiger partial charge < -0.3 is 5.32 Å². The summed E-state index contributed by atoms with van der Waals surface area (Å²) in [5.74, 6) is 0.278. The molecule has 2 N–H and O–H groups in total. The fourth-order valence-corrected chi connectivity index (χ4v) is 2.67. The van der Waals surface area contributed by atoms with Crippen LogP contribution in [-0.2, 0) is 10.0 Å². The van der Waals surface area contributed by atoms with Crippen molar-refractivity contribution in [3.8, 4) is 0 Å². The summed E-state index contributed by atoms with van der Waals surface area (Å²) in [7, 11) is -3.61. The molecule has 1 aromatic carbocycles. The van der Waals surface area contributed by atoms with Crippen LogP contribution in [0.25, 0.3) is 0 Å². The van der Waals surface area contributed by atoms with E-state index in [0.29, 0.717) is 6.54 Å². The van der Waals surface area contributed by atoms with Gasteiger partial charge in [-0.15, -0.1) is 6.58 Å². The van der Waals surface area contributed by atoms with Gasteiger partial charge in [-0.25, -0.2) is 13.4 Å². The molecule has 5 nitrogen and oxygen atoms in total. The van der Waals surface area contributed by atoms with E-state index in [2.05, 4.69) is 21.6 Å². The standard InChI is InChI=1S/C15H17N3O2S/c1-3-10-16-13-6-9-15(17-11-13)18-21(19,20)14-7-4-12(2)5-8-14/h3-9,11,16H,1,10H2,2H3,(H,17,18). The van der Waals surface area contributed by atoms with Crippen LogP contribution in [0.3, 0.4) is 0 Å². The van der Waals surface area contributed by atoms with Crippen molar-refractivity contribution < 1.29 is 8.42 Å². The number of benzene rings is 1. The number of hydrogen-bond acceptors (Lipinski definition) is 4. The molecule has 0 saturated carbocycles. The first-order valence-corrected chi connectivity index (χ1v) is 7.90. The maximum atomic E-state index is 12.2. The topological polar surface area (TPSA) is 71.1 Å². The van der Waals surface area contributed by atoms with Crippen LogP contribution in [0.1, 0.15) is 5.56 Å². The van der Waals surface area contributed by atoms with Gasteiger partial charge >= 0.3 is 0 Å². The molecule has 0 unspecified atom stereocenters. The Labute approximate surface area is 124 Å². The molecule has 0 spiro atoms. The van der Waals surface area contributed by atoms with E-state index in [1.165, 1.54) is 0 Å².